The van der Waals surface area contributed by atoms with E-state index < -0.39 is 0 Å². The molecule has 0 aliphatic rings. The average Bonchev–Trinajstić information content (AvgIpc) is 3.49. The van der Waals surface area contributed by atoms with E-state index in [0.29, 0.717) is 18.1 Å². The third-order valence-electron chi connectivity index (χ3n) is 6.41. The number of benzene rings is 1. The summed E-state index contributed by atoms with van der Waals surface area (Å²) in [5, 5.41) is 12.6. The molecule has 0 spiro atoms. The first-order valence-electron chi connectivity index (χ1n) is 12.1. The second-order valence-corrected chi connectivity index (χ2v) is 8.87. The monoisotopic (exact) mass is 488 g/mol. The first kappa shape index (κ1) is 22.5. The summed E-state index contributed by atoms with van der Waals surface area (Å²) in [6, 6.07) is 11.8. The van der Waals surface area contributed by atoms with E-state index in [0.717, 1.165) is 61.9 Å². The molecule has 0 saturated heterocycles. The van der Waals surface area contributed by atoms with Crippen LogP contribution in [-0.4, -0.2) is 41.0 Å². The molecule has 5 heterocycles. The number of carbonyl (C=O) groups excluding carboxylic acids is 1. The Kier molecular flexibility index (Phi) is 5.65. The van der Waals surface area contributed by atoms with Crippen LogP contribution in [0.2, 0.25) is 0 Å². The Labute approximate surface area is 212 Å². The number of hydrogen-bond acceptors (Lipinski definition) is 6. The standard InChI is InChI=1S/C28H24N8O/c1-3-5-24(37)34-28-31-11-9-21(33-28)17-7-8-22-19(12-17)27(36-35-22)26-16(2)25-20(14-30-15-23(25)32-26)18-6-4-10-29-13-18/h4,6-15,32H,3,5H2,1-2H3,(H,35,36)(H,31,33,34,37). The predicted molar refractivity (Wildman–Crippen MR) is 144 cm³/mol. The van der Waals surface area contributed by atoms with Crippen LogP contribution in [-0.2, 0) is 4.79 Å². The molecule has 182 valence electrons. The number of H-pyrrole nitrogens is 2. The van der Waals surface area contributed by atoms with E-state index in [1.807, 2.05) is 55.8 Å². The molecule has 0 saturated carbocycles. The second-order valence-electron chi connectivity index (χ2n) is 8.87. The van der Waals surface area contributed by atoms with E-state index in [1.54, 1.807) is 12.4 Å². The van der Waals surface area contributed by atoms with Gasteiger partial charge in [0.2, 0.25) is 11.9 Å². The Bertz CT molecular complexity index is 1750. The number of fused-ring (bicyclic) bond motifs is 2. The van der Waals surface area contributed by atoms with Crippen LogP contribution in [0.25, 0.3) is 55.6 Å². The van der Waals surface area contributed by atoms with Gasteiger partial charge in [0.05, 0.1) is 28.6 Å². The van der Waals surface area contributed by atoms with Crippen molar-refractivity contribution < 1.29 is 4.79 Å². The van der Waals surface area contributed by atoms with Crippen LogP contribution in [0.1, 0.15) is 25.3 Å². The molecule has 6 rings (SSSR count). The Morgan fingerprint density at radius 3 is 2.76 bits per heavy atom. The molecule has 0 aliphatic carbocycles. The number of aryl methyl sites for hydroxylation is 1. The summed E-state index contributed by atoms with van der Waals surface area (Å²) >= 11 is 0. The number of nitrogens with zero attached hydrogens (tertiary/aromatic N) is 5. The molecule has 0 unspecified atom stereocenters. The Balaban J connectivity index is 1.44. The maximum atomic E-state index is 12.0. The fourth-order valence-corrected chi connectivity index (χ4v) is 4.65. The van der Waals surface area contributed by atoms with Crippen LogP contribution in [0, 0.1) is 6.92 Å². The minimum atomic E-state index is -0.0957. The van der Waals surface area contributed by atoms with Crippen molar-refractivity contribution in [2.45, 2.75) is 26.7 Å². The van der Waals surface area contributed by atoms with E-state index in [9.17, 15) is 4.79 Å². The van der Waals surface area contributed by atoms with Gasteiger partial charge in [0.1, 0.15) is 5.69 Å². The summed E-state index contributed by atoms with van der Waals surface area (Å²) in [7, 11) is 0. The lowest BCUT2D eigenvalue weighted by Gasteiger charge is -2.06. The van der Waals surface area contributed by atoms with Gasteiger partial charge in [-0.2, -0.15) is 5.10 Å². The number of anilines is 1. The Morgan fingerprint density at radius 2 is 1.92 bits per heavy atom. The predicted octanol–water partition coefficient (Wildman–Crippen LogP) is 5.67. The van der Waals surface area contributed by atoms with Crippen molar-refractivity contribution in [2.75, 3.05) is 5.32 Å². The zero-order chi connectivity index (χ0) is 25.4. The third kappa shape index (κ3) is 4.10. The first-order valence-corrected chi connectivity index (χ1v) is 12.1. The number of rotatable bonds is 6. The SMILES string of the molecule is CCCC(=O)Nc1nccc(-c2ccc3[nH]nc(-c4[nH]c5cncc(-c6cccnc6)c5c4C)c3c2)n1. The summed E-state index contributed by atoms with van der Waals surface area (Å²) in [5.74, 6) is 0.201. The van der Waals surface area contributed by atoms with Crippen molar-refractivity contribution >= 4 is 33.7 Å². The molecule has 0 atom stereocenters. The van der Waals surface area contributed by atoms with E-state index in [-0.39, 0.29) is 5.91 Å². The number of carbonyl (C=O) groups is 1. The van der Waals surface area contributed by atoms with Gasteiger partial charge >= 0.3 is 0 Å². The van der Waals surface area contributed by atoms with Crippen LogP contribution in [0.15, 0.2) is 67.4 Å². The second kappa shape index (κ2) is 9.27. The normalized spacial score (nSPS) is 11.3. The highest BCUT2D eigenvalue weighted by Gasteiger charge is 2.19. The number of pyridine rings is 2. The molecular formula is C28H24N8O. The zero-order valence-electron chi connectivity index (χ0n) is 20.4. The highest BCUT2D eigenvalue weighted by Crippen LogP contribution is 2.37. The van der Waals surface area contributed by atoms with E-state index in [2.05, 4.69) is 53.4 Å². The summed E-state index contributed by atoms with van der Waals surface area (Å²) in [6.45, 7) is 4.05. The fourth-order valence-electron chi connectivity index (χ4n) is 4.65. The smallest absolute Gasteiger partial charge is 0.229 e. The van der Waals surface area contributed by atoms with Gasteiger partial charge in [-0.15, -0.1) is 0 Å². The average molecular weight is 489 g/mol. The maximum absolute atomic E-state index is 12.0. The zero-order valence-corrected chi connectivity index (χ0v) is 20.4. The number of aromatic amines is 2. The van der Waals surface area contributed by atoms with Crippen molar-refractivity contribution in [2.24, 2.45) is 0 Å². The summed E-state index contributed by atoms with van der Waals surface area (Å²) < 4.78 is 0. The van der Waals surface area contributed by atoms with Gasteiger partial charge in [-0.1, -0.05) is 19.1 Å². The number of nitrogens with one attached hydrogen (secondary N) is 3. The van der Waals surface area contributed by atoms with E-state index >= 15 is 0 Å². The van der Waals surface area contributed by atoms with Crippen molar-refractivity contribution in [1.82, 2.24) is 35.1 Å². The van der Waals surface area contributed by atoms with Gasteiger partial charge in [-0.25, -0.2) is 9.97 Å². The van der Waals surface area contributed by atoms with Crippen LogP contribution < -0.4 is 5.32 Å². The quantitative estimate of drug-likeness (QED) is 0.277. The summed E-state index contributed by atoms with van der Waals surface area (Å²) in [5.41, 5.74) is 8.30. The molecule has 9 nitrogen and oxygen atoms in total. The number of hydrogen-bond donors (Lipinski definition) is 3. The summed E-state index contributed by atoms with van der Waals surface area (Å²) in [6.07, 6.45) is 10.2. The van der Waals surface area contributed by atoms with Crippen LogP contribution in [0.3, 0.4) is 0 Å². The Morgan fingerprint density at radius 1 is 1.00 bits per heavy atom. The van der Waals surface area contributed by atoms with Gasteiger partial charge in [0.25, 0.3) is 0 Å². The molecule has 6 aromatic rings. The van der Waals surface area contributed by atoms with Gasteiger partial charge in [-0.3, -0.25) is 25.2 Å². The highest BCUT2D eigenvalue weighted by molar-refractivity contribution is 6.04. The molecule has 37 heavy (non-hydrogen) atoms. The number of aromatic nitrogens is 7. The van der Waals surface area contributed by atoms with Gasteiger partial charge < -0.3 is 4.98 Å². The van der Waals surface area contributed by atoms with Crippen LogP contribution in [0.5, 0.6) is 0 Å². The molecule has 9 heteroatoms. The van der Waals surface area contributed by atoms with E-state index in [1.165, 1.54) is 0 Å². The molecule has 1 amide bonds. The Hall–Kier alpha value is -4.92. The first-order chi connectivity index (χ1) is 18.1. The minimum Gasteiger partial charge on any atom is -0.352 e. The third-order valence-corrected chi connectivity index (χ3v) is 6.41. The van der Waals surface area contributed by atoms with Gasteiger partial charge in [-0.05, 0) is 43.2 Å². The van der Waals surface area contributed by atoms with Crippen molar-refractivity contribution in [3.05, 3.63) is 72.9 Å². The lowest BCUT2D eigenvalue weighted by Crippen LogP contribution is -2.13. The van der Waals surface area contributed by atoms with Crippen molar-refractivity contribution in [3.63, 3.8) is 0 Å². The largest absolute Gasteiger partial charge is 0.352 e. The fraction of sp³-hybridized carbons (Fsp3) is 0.143. The molecule has 3 N–H and O–H groups in total. The van der Waals surface area contributed by atoms with Crippen LogP contribution in [0.4, 0.5) is 5.95 Å². The summed E-state index contributed by atoms with van der Waals surface area (Å²) in [4.78, 5) is 33.0. The topological polar surface area (TPSA) is 125 Å². The molecular weight excluding hydrogens is 464 g/mol. The molecule has 0 radical (unpaired) electrons. The lowest BCUT2D eigenvalue weighted by atomic mass is 10.0. The molecule has 0 aliphatic heterocycles. The van der Waals surface area contributed by atoms with Crippen molar-refractivity contribution in [3.8, 4) is 33.8 Å². The number of amides is 1. The molecule has 5 aromatic heterocycles. The molecule has 0 fully saturated rings. The van der Waals surface area contributed by atoms with Crippen LogP contribution >= 0.6 is 0 Å². The minimum absolute atomic E-state index is 0.0957. The highest BCUT2D eigenvalue weighted by atomic mass is 16.1. The van der Waals surface area contributed by atoms with Crippen molar-refractivity contribution in [1.29, 1.82) is 0 Å². The van der Waals surface area contributed by atoms with Gasteiger partial charge in [0, 0.05) is 58.7 Å². The van der Waals surface area contributed by atoms with Gasteiger partial charge in [0.15, 0.2) is 0 Å². The maximum Gasteiger partial charge on any atom is 0.229 e. The molecule has 1 aromatic carbocycles. The molecule has 0 bridgehead atoms. The lowest BCUT2D eigenvalue weighted by molar-refractivity contribution is -0.116. The van der Waals surface area contributed by atoms with E-state index in [4.69, 9.17) is 0 Å².